The van der Waals surface area contributed by atoms with Gasteiger partial charge in [0, 0.05) is 49.1 Å². The van der Waals surface area contributed by atoms with Crippen molar-refractivity contribution in [2.45, 2.75) is 44.2 Å². The third-order valence-corrected chi connectivity index (χ3v) is 8.37. The van der Waals surface area contributed by atoms with Crippen LogP contribution in [0.5, 0.6) is 5.75 Å². The minimum atomic E-state index is -1.24. The van der Waals surface area contributed by atoms with Crippen molar-refractivity contribution in [2.75, 3.05) is 31.1 Å². The van der Waals surface area contributed by atoms with Crippen LogP contribution in [0, 0.1) is 23.1 Å². The Labute approximate surface area is 249 Å². The predicted molar refractivity (Wildman–Crippen MR) is 156 cm³/mol. The maximum absolute atomic E-state index is 14.8. The van der Waals surface area contributed by atoms with Crippen molar-refractivity contribution in [2.24, 2.45) is 5.92 Å². The SMILES string of the molecule is CC(C)N(C(=O)Oc1ccc(F)cc1)[C@]1(C(=O)C2CCN(c3cnc(C#N)cn3)CC2)CNC[C@H]1c1ccc(Cl)cc1. The summed E-state index contributed by atoms with van der Waals surface area (Å²) in [6, 6.07) is 14.2. The molecule has 3 heterocycles. The number of nitrogens with zero attached hydrogens (tertiary/aromatic N) is 5. The molecule has 9 nitrogen and oxygen atoms in total. The summed E-state index contributed by atoms with van der Waals surface area (Å²) >= 11 is 6.20. The molecule has 2 aromatic carbocycles. The lowest BCUT2D eigenvalue weighted by Gasteiger charge is -2.47. The lowest BCUT2D eigenvalue weighted by molar-refractivity contribution is -0.136. The number of hydrogen-bond acceptors (Lipinski definition) is 8. The highest BCUT2D eigenvalue weighted by Gasteiger charge is 2.58. The molecule has 2 atom stereocenters. The van der Waals surface area contributed by atoms with E-state index in [2.05, 4.69) is 20.2 Å². The van der Waals surface area contributed by atoms with E-state index in [0.29, 0.717) is 43.3 Å². The van der Waals surface area contributed by atoms with Gasteiger partial charge >= 0.3 is 6.09 Å². The van der Waals surface area contributed by atoms with Gasteiger partial charge in [-0.25, -0.2) is 19.2 Å². The zero-order valence-electron chi connectivity index (χ0n) is 23.5. The van der Waals surface area contributed by atoms with Gasteiger partial charge in [-0.2, -0.15) is 5.26 Å². The number of aromatic nitrogens is 2. The van der Waals surface area contributed by atoms with Crippen LogP contribution in [0.1, 0.15) is 43.9 Å². The highest BCUT2D eigenvalue weighted by atomic mass is 35.5. The number of Topliss-reactive ketones (excluding diaryl/α,β-unsaturated/α-hetero) is 1. The molecule has 0 unspecified atom stereocenters. The minimum absolute atomic E-state index is 0.0252. The quantitative estimate of drug-likeness (QED) is 0.411. The first-order valence-corrected chi connectivity index (χ1v) is 14.3. The molecule has 2 aliphatic heterocycles. The zero-order valence-corrected chi connectivity index (χ0v) is 24.2. The molecule has 218 valence electrons. The highest BCUT2D eigenvalue weighted by molar-refractivity contribution is 6.30. The van der Waals surface area contributed by atoms with Crippen LogP contribution in [0.3, 0.4) is 0 Å². The number of nitrogens with one attached hydrogen (secondary N) is 1. The molecule has 2 saturated heterocycles. The van der Waals surface area contributed by atoms with Crippen molar-refractivity contribution in [1.82, 2.24) is 20.2 Å². The second-order valence-electron chi connectivity index (χ2n) is 10.9. The summed E-state index contributed by atoms with van der Waals surface area (Å²) in [4.78, 5) is 40.8. The average Bonchev–Trinajstić information content (AvgIpc) is 3.43. The second kappa shape index (κ2) is 12.4. The number of hydrogen-bond donors (Lipinski definition) is 1. The van der Waals surface area contributed by atoms with Gasteiger partial charge in [0.25, 0.3) is 0 Å². The van der Waals surface area contributed by atoms with E-state index in [9.17, 15) is 14.0 Å². The molecule has 0 bridgehead atoms. The molecule has 2 aliphatic rings. The van der Waals surface area contributed by atoms with E-state index in [0.717, 1.165) is 5.56 Å². The molecule has 0 aliphatic carbocycles. The summed E-state index contributed by atoms with van der Waals surface area (Å²) in [6.45, 7) is 5.63. The van der Waals surface area contributed by atoms with Gasteiger partial charge in [-0.05, 0) is 68.7 Å². The first-order chi connectivity index (χ1) is 20.2. The summed E-state index contributed by atoms with van der Waals surface area (Å²) in [5, 5.41) is 13.0. The maximum atomic E-state index is 14.8. The number of piperidine rings is 1. The van der Waals surface area contributed by atoms with Crippen LogP contribution >= 0.6 is 11.6 Å². The van der Waals surface area contributed by atoms with Crippen LogP contribution in [-0.2, 0) is 4.79 Å². The van der Waals surface area contributed by atoms with Crippen molar-refractivity contribution in [3.63, 3.8) is 0 Å². The Hall–Kier alpha value is -4.07. The van der Waals surface area contributed by atoms with Gasteiger partial charge < -0.3 is 15.0 Å². The predicted octanol–water partition coefficient (Wildman–Crippen LogP) is 4.96. The molecule has 0 saturated carbocycles. The van der Waals surface area contributed by atoms with Gasteiger partial charge in [-0.3, -0.25) is 9.69 Å². The number of carbonyl (C=O) groups is 2. The Morgan fingerprint density at radius 3 is 2.40 bits per heavy atom. The number of benzene rings is 2. The highest BCUT2D eigenvalue weighted by Crippen LogP contribution is 2.43. The van der Waals surface area contributed by atoms with Crippen LogP contribution in [0.25, 0.3) is 0 Å². The van der Waals surface area contributed by atoms with Crippen LogP contribution < -0.4 is 15.0 Å². The molecule has 42 heavy (non-hydrogen) atoms. The van der Waals surface area contributed by atoms with E-state index in [1.165, 1.54) is 30.5 Å². The maximum Gasteiger partial charge on any atom is 0.416 e. The zero-order chi connectivity index (χ0) is 29.9. The third-order valence-electron chi connectivity index (χ3n) is 8.12. The van der Waals surface area contributed by atoms with Gasteiger partial charge in [0.1, 0.15) is 29.0 Å². The molecule has 3 aromatic rings. The van der Waals surface area contributed by atoms with Crippen LogP contribution in [0.15, 0.2) is 60.9 Å². The largest absolute Gasteiger partial charge is 0.416 e. The number of amides is 1. The van der Waals surface area contributed by atoms with Crippen LogP contribution in [-0.4, -0.2) is 64.5 Å². The Bertz CT molecular complexity index is 1450. The molecule has 5 rings (SSSR count). The molecule has 1 aromatic heterocycles. The molecule has 1 N–H and O–H groups in total. The van der Waals surface area contributed by atoms with E-state index >= 15 is 0 Å². The smallest absolute Gasteiger partial charge is 0.410 e. The second-order valence-corrected chi connectivity index (χ2v) is 11.4. The van der Waals surface area contributed by atoms with E-state index in [-0.39, 0.29) is 41.6 Å². The fraction of sp³-hybridized carbons (Fsp3) is 0.387. The number of nitriles is 1. The molecule has 2 fully saturated rings. The topological polar surface area (TPSA) is 111 Å². The van der Waals surface area contributed by atoms with E-state index in [1.807, 2.05) is 32.0 Å². The minimum Gasteiger partial charge on any atom is -0.410 e. The summed E-state index contributed by atoms with van der Waals surface area (Å²) in [5.41, 5.74) is -0.0995. The fourth-order valence-electron chi connectivity index (χ4n) is 6.17. The summed E-state index contributed by atoms with van der Waals surface area (Å²) in [6.07, 6.45) is 3.47. The number of halogens is 2. The summed E-state index contributed by atoms with van der Waals surface area (Å²) < 4.78 is 19.3. The van der Waals surface area contributed by atoms with Crippen molar-refractivity contribution >= 4 is 29.3 Å². The van der Waals surface area contributed by atoms with Crippen molar-refractivity contribution in [1.29, 1.82) is 5.26 Å². The van der Waals surface area contributed by atoms with Gasteiger partial charge in [-0.15, -0.1) is 0 Å². The molecular formula is C31H32ClFN6O3. The lowest BCUT2D eigenvalue weighted by Crippen LogP contribution is -2.65. The van der Waals surface area contributed by atoms with Gasteiger partial charge in [0.15, 0.2) is 11.5 Å². The Morgan fingerprint density at radius 1 is 1.12 bits per heavy atom. The van der Waals surface area contributed by atoms with Crippen LogP contribution in [0.4, 0.5) is 15.0 Å². The van der Waals surface area contributed by atoms with E-state index < -0.39 is 17.4 Å². The fourth-order valence-corrected chi connectivity index (χ4v) is 6.30. The van der Waals surface area contributed by atoms with Crippen molar-refractivity contribution < 1.29 is 18.7 Å². The van der Waals surface area contributed by atoms with Gasteiger partial charge in [0.05, 0.1) is 12.4 Å². The molecule has 1 amide bonds. The van der Waals surface area contributed by atoms with Crippen LogP contribution in [0.2, 0.25) is 5.02 Å². The average molecular weight is 591 g/mol. The molecule has 0 radical (unpaired) electrons. The number of anilines is 1. The lowest BCUT2D eigenvalue weighted by atomic mass is 9.71. The molecular weight excluding hydrogens is 559 g/mol. The number of ketones is 1. The van der Waals surface area contributed by atoms with E-state index in [4.69, 9.17) is 21.6 Å². The third kappa shape index (κ3) is 5.80. The first-order valence-electron chi connectivity index (χ1n) is 14.0. The Morgan fingerprint density at radius 2 is 1.81 bits per heavy atom. The number of rotatable bonds is 7. The first kappa shape index (κ1) is 29.4. The normalized spacial score (nSPS) is 20.8. The Balaban J connectivity index is 1.47. The molecule has 0 spiro atoms. The number of carbonyl (C=O) groups excluding carboxylic acids is 2. The van der Waals surface area contributed by atoms with Gasteiger partial charge in [0.2, 0.25) is 0 Å². The van der Waals surface area contributed by atoms with Crippen molar-refractivity contribution in [3.05, 3.63) is 83.0 Å². The van der Waals surface area contributed by atoms with Gasteiger partial charge in [-0.1, -0.05) is 23.7 Å². The van der Waals surface area contributed by atoms with E-state index in [1.54, 1.807) is 23.2 Å². The number of ether oxygens (including phenoxy) is 1. The summed E-state index contributed by atoms with van der Waals surface area (Å²) in [5.74, 6) is -0.288. The summed E-state index contributed by atoms with van der Waals surface area (Å²) in [7, 11) is 0. The van der Waals surface area contributed by atoms with Crippen molar-refractivity contribution in [3.8, 4) is 11.8 Å². The Kier molecular flexibility index (Phi) is 8.71. The molecule has 11 heteroatoms. The monoisotopic (exact) mass is 590 g/mol. The standard InChI is InChI=1S/C31H32ClFN6O3/c1-20(2)39(30(41)42-26-9-7-24(33)8-10-26)31(19-35-17-27(31)21-3-5-23(32)6-4-21)29(40)22-11-13-38(14-12-22)28-18-36-25(15-34)16-37-28/h3-10,16,18,20,22,27,35H,11-14,17,19H2,1-2H3/t27-,31+/m0/s1.